The molecule has 0 radical (unpaired) electrons. The molecule has 19 heavy (non-hydrogen) atoms. The molecule has 1 aliphatic carbocycles. The molecule has 0 bridgehead atoms. The van der Waals surface area contributed by atoms with E-state index in [1.165, 1.54) is 12.8 Å². The molecule has 3 nitrogen and oxygen atoms in total. The molecule has 0 saturated heterocycles. The molecule has 1 fully saturated rings. The van der Waals surface area contributed by atoms with Gasteiger partial charge in [-0.3, -0.25) is 0 Å². The predicted molar refractivity (Wildman–Crippen MR) is 80.7 cm³/mol. The smallest absolute Gasteiger partial charge is 0.338 e. The summed E-state index contributed by atoms with van der Waals surface area (Å²) >= 11 is 3.32. The SMILES string of the molecule is CC1CCC(Nc2cccc(Br)c2C(=O)O)C(C)C1. The predicted octanol–water partition coefficient (Wildman–Crippen LogP) is 4.38. The van der Waals surface area contributed by atoms with E-state index >= 15 is 0 Å². The molecule has 0 aromatic heterocycles. The zero-order chi connectivity index (χ0) is 14.0. The van der Waals surface area contributed by atoms with Crippen molar-refractivity contribution in [1.29, 1.82) is 0 Å². The maximum Gasteiger partial charge on any atom is 0.338 e. The number of carbonyl (C=O) groups is 1. The van der Waals surface area contributed by atoms with Crippen molar-refractivity contribution < 1.29 is 9.90 Å². The highest BCUT2D eigenvalue weighted by molar-refractivity contribution is 9.10. The van der Waals surface area contributed by atoms with Gasteiger partial charge in [-0.15, -0.1) is 0 Å². The number of nitrogens with one attached hydrogen (secondary N) is 1. The molecule has 1 aliphatic rings. The number of carboxylic acid groups (broad SMARTS) is 1. The van der Waals surface area contributed by atoms with Crippen LogP contribution in [0.5, 0.6) is 0 Å². The van der Waals surface area contributed by atoms with E-state index in [0.29, 0.717) is 27.7 Å². The third-order valence-electron chi connectivity index (χ3n) is 4.00. The van der Waals surface area contributed by atoms with Gasteiger partial charge in [0.2, 0.25) is 0 Å². The summed E-state index contributed by atoms with van der Waals surface area (Å²) in [6, 6.07) is 5.85. The molecule has 4 heteroatoms. The molecule has 1 aromatic rings. The van der Waals surface area contributed by atoms with E-state index in [9.17, 15) is 9.90 Å². The Morgan fingerprint density at radius 1 is 1.37 bits per heavy atom. The van der Waals surface area contributed by atoms with Crippen LogP contribution in [0, 0.1) is 11.8 Å². The monoisotopic (exact) mass is 325 g/mol. The molecule has 2 N–H and O–H groups in total. The zero-order valence-corrected chi connectivity index (χ0v) is 12.9. The first-order chi connectivity index (χ1) is 8.99. The largest absolute Gasteiger partial charge is 0.478 e. The van der Waals surface area contributed by atoms with Gasteiger partial charge >= 0.3 is 5.97 Å². The van der Waals surface area contributed by atoms with Crippen LogP contribution >= 0.6 is 15.9 Å². The van der Waals surface area contributed by atoms with Crippen molar-refractivity contribution in [3.05, 3.63) is 28.2 Å². The summed E-state index contributed by atoms with van der Waals surface area (Å²) in [5, 5.41) is 12.7. The molecule has 0 aliphatic heterocycles. The van der Waals surface area contributed by atoms with Gasteiger partial charge < -0.3 is 10.4 Å². The number of hydrogen-bond donors (Lipinski definition) is 2. The van der Waals surface area contributed by atoms with Crippen molar-refractivity contribution in [2.24, 2.45) is 11.8 Å². The average molecular weight is 326 g/mol. The van der Waals surface area contributed by atoms with Crippen LogP contribution in [0.4, 0.5) is 5.69 Å². The normalized spacial score (nSPS) is 27.0. The number of benzene rings is 1. The highest BCUT2D eigenvalue weighted by Gasteiger charge is 2.26. The van der Waals surface area contributed by atoms with Crippen LogP contribution in [0.15, 0.2) is 22.7 Å². The number of carboxylic acids is 1. The van der Waals surface area contributed by atoms with Crippen molar-refractivity contribution in [3.63, 3.8) is 0 Å². The van der Waals surface area contributed by atoms with Crippen LogP contribution in [0.25, 0.3) is 0 Å². The Morgan fingerprint density at radius 2 is 2.11 bits per heavy atom. The van der Waals surface area contributed by atoms with Gasteiger partial charge in [-0.2, -0.15) is 0 Å². The van der Waals surface area contributed by atoms with Crippen LogP contribution in [0.1, 0.15) is 43.5 Å². The molecule has 104 valence electrons. The number of hydrogen-bond acceptors (Lipinski definition) is 2. The van der Waals surface area contributed by atoms with E-state index < -0.39 is 5.97 Å². The van der Waals surface area contributed by atoms with Gasteiger partial charge in [0, 0.05) is 10.5 Å². The fourth-order valence-electron chi connectivity index (χ4n) is 2.94. The Labute approximate surface area is 122 Å². The van der Waals surface area contributed by atoms with Crippen LogP contribution in [0.2, 0.25) is 0 Å². The Kier molecular flexibility index (Phi) is 4.50. The molecule has 1 saturated carbocycles. The molecule has 2 rings (SSSR count). The summed E-state index contributed by atoms with van der Waals surface area (Å²) in [6.07, 6.45) is 3.51. The second-order valence-electron chi connectivity index (χ2n) is 5.61. The summed E-state index contributed by atoms with van der Waals surface area (Å²) in [6.45, 7) is 4.53. The number of aromatic carboxylic acids is 1. The van der Waals surface area contributed by atoms with Crippen molar-refractivity contribution >= 4 is 27.6 Å². The summed E-state index contributed by atoms with van der Waals surface area (Å²) in [7, 11) is 0. The highest BCUT2D eigenvalue weighted by Crippen LogP contribution is 2.33. The van der Waals surface area contributed by atoms with Gasteiger partial charge in [-0.1, -0.05) is 19.9 Å². The zero-order valence-electron chi connectivity index (χ0n) is 11.3. The van der Waals surface area contributed by atoms with Gasteiger partial charge in [0.05, 0.1) is 11.3 Å². The molecule has 0 spiro atoms. The minimum Gasteiger partial charge on any atom is -0.478 e. The Morgan fingerprint density at radius 3 is 2.74 bits per heavy atom. The third kappa shape index (κ3) is 3.30. The van der Waals surface area contributed by atoms with Crippen molar-refractivity contribution in [1.82, 2.24) is 0 Å². The van der Waals surface area contributed by atoms with Crippen molar-refractivity contribution in [2.45, 2.75) is 39.2 Å². The Bertz CT molecular complexity index is 475. The van der Waals surface area contributed by atoms with E-state index in [-0.39, 0.29) is 0 Å². The summed E-state index contributed by atoms with van der Waals surface area (Å²) in [5.41, 5.74) is 1.04. The van der Waals surface area contributed by atoms with Crippen molar-refractivity contribution in [2.75, 3.05) is 5.32 Å². The number of rotatable bonds is 3. The molecule has 0 heterocycles. The fourth-order valence-corrected chi connectivity index (χ4v) is 3.48. The topological polar surface area (TPSA) is 49.3 Å². The quantitative estimate of drug-likeness (QED) is 0.866. The highest BCUT2D eigenvalue weighted by atomic mass is 79.9. The minimum atomic E-state index is -0.896. The molecule has 3 atom stereocenters. The lowest BCUT2D eigenvalue weighted by Crippen LogP contribution is -2.33. The summed E-state index contributed by atoms with van der Waals surface area (Å²) in [4.78, 5) is 11.3. The van der Waals surface area contributed by atoms with E-state index in [1.807, 2.05) is 12.1 Å². The standard InChI is InChI=1S/C15H20BrNO2/c1-9-6-7-12(10(2)8-9)17-13-5-3-4-11(16)14(13)15(18)19/h3-5,9-10,12,17H,6-8H2,1-2H3,(H,18,19). The lowest BCUT2D eigenvalue weighted by Gasteiger charge is -2.34. The lowest BCUT2D eigenvalue weighted by atomic mass is 9.80. The molecule has 3 unspecified atom stereocenters. The summed E-state index contributed by atoms with van der Waals surface area (Å²) < 4.78 is 0.627. The third-order valence-corrected chi connectivity index (χ3v) is 4.66. The summed E-state index contributed by atoms with van der Waals surface area (Å²) in [5.74, 6) is 0.450. The van der Waals surface area contributed by atoms with E-state index in [0.717, 1.165) is 12.3 Å². The van der Waals surface area contributed by atoms with Crippen LogP contribution < -0.4 is 5.32 Å². The average Bonchev–Trinajstić information content (AvgIpc) is 2.32. The van der Waals surface area contributed by atoms with Gasteiger partial charge in [0.15, 0.2) is 0 Å². The molecular weight excluding hydrogens is 306 g/mol. The molecule has 0 amide bonds. The first-order valence-electron chi connectivity index (χ1n) is 6.77. The van der Waals surface area contributed by atoms with Gasteiger partial charge in [-0.05, 0) is 59.2 Å². The van der Waals surface area contributed by atoms with Gasteiger partial charge in [0.1, 0.15) is 0 Å². The minimum absolute atomic E-state index is 0.327. The van der Waals surface area contributed by atoms with Crippen LogP contribution in [0.3, 0.4) is 0 Å². The Hall–Kier alpha value is -1.03. The Balaban J connectivity index is 2.19. The molecular formula is C15H20BrNO2. The maximum atomic E-state index is 11.3. The van der Waals surface area contributed by atoms with Crippen molar-refractivity contribution in [3.8, 4) is 0 Å². The number of anilines is 1. The van der Waals surface area contributed by atoms with Crippen LogP contribution in [-0.4, -0.2) is 17.1 Å². The second kappa shape index (κ2) is 5.95. The van der Waals surface area contributed by atoms with E-state index in [1.54, 1.807) is 6.07 Å². The fraction of sp³-hybridized carbons (Fsp3) is 0.533. The lowest BCUT2D eigenvalue weighted by molar-refractivity contribution is 0.0697. The first kappa shape index (κ1) is 14.4. The number of halogens is 1. The van der Waals surface area contributed by atoms with E-state index in [2.05, 4.69) is 35.1 Å². The first-order valence-corrected chi connectivity index (χ1v) is 7.56. The van der Waals surface area contributed by atoms with Crippen LogP contribution in [-0.2, 0) is 0 Å². The molecule has 1 aromatic carbocycles. The van der Waals surface area contributed by atoms with Gasteiger partial charge in [0.25, 0.3) is 0 Å². The maximum absolute atomic E-state index is 11.3. The van der Waals surface area contributed by atoms with E-state index in [4.69, 9.17) is 0 Å². The van der Waals surface area contributed by atoms with Gasteiger partial charge in [-0.25, -0.2) is 4.79 Å². The second-order valence-corrected chi connectivity index (χ2v) is 6.47.